The van der Waals surface area contributed by atoms with E-state index in [1.165, 1.54) is 6.07 Å². The van der Waals surface area contributed by atoms with Gasteiger partial charge in [0.25, 0.3) is 0 Å². The van der Waals surface area contributed by atoms with Gasteiger partial charge in [0.15, 0.2) is 0 Å². The molecule has 0 saturated heterocycles. The maximum Gasteiger partial charge on any atom is 0.416 e. The van der Waals surface area contributed by atoms with Crippen LogP contribution in [0.25, 0.3) is 0 Å². The Morgan fingerprint density at radius 1 is 1.12 bits per heavy atom. The first-order valence-corrected chi connectivity index (χ1v) is 5.47. The molecular weight excluding hydrogens is 227 g/mol. The number of hydrogen-bond acceptors (Lipinski definition) is 1. The largest absolute Gasteiger partial charge is 0.416 e. The van der Waals surface area contributed by atoms with Crippen molar-refractivity contribution in [3.8, 4) is 0 Å². The number of aryl methyl sites for hydroxylation is 1. The van der Waals surface area contributed by atoms with Gasteiger partial charge in [-0.1, -0.05) is 26.8 Å². The second kappa shape index (κ2) is 4.33. The molecule has 0 fully saturated rings. The second-order valence-corrected chi connectivity index (χ2v) is 5.41. The average molecular weight is 245 g/mol. The Balaban J connectivity index is 3.15. The molecule has 1 atom stereocenters. The summed E-state index contributed by atoms with van der Waals surface area (Å²) in [7, 11) is 0. The van der Waals surface area contributed by atoms with Gasteiger partial charge in [-0.3, -0.25) is 0 Å². The van der Waals surface area contributed by atoms with Crippen molar-refractivity contribution in [1.82, 2.24) is 0 Å². The first-order chi connectivity index (χ1) is 7.53. The molecule has 0 bridgehead atoms. The fraction of sp³-hybridized carbons (Fsp3) is 0.538. The molecular formula is C13H18F3N. The molecule has 0 aliphatic heterocycles. The third-order valence-corrected chi connectivity index (χ3v) is 2.87. The van der Waals surface area contributed by atoms with Crippen molar-refractivity contribution in [2.75, 3.05) is 0 Å². The number of nitrogens with two attached hydrogens (primary N) is 1. The van der Waals surface area contributed by atoms with E-state index >= 15 is 0 Å². The molecule has 2 N–H and O–H groups in total. The number of benzene rings is 1. The van der Waals surface area contributed by atoms with E-state index in [9.17, 15) is 13.2 Å². The van der Waals surface area contributed by atoms with E-state index < -0.39 is 11.7 Å². The van der Waals surface area contributed by atoms with Crippen molar-refractivity contribution < 1.29 is 13.2 Å². The molecule has 1 rings (SSSR count). The highest BCUT2D eigenvalue weighted by atomic mass is 19.4. The van der Waals surface area contributed by atoms with Crippen LogP contribution in [0.2, 0.25) is 0 Å². The summed E-state index contributed by atoms with van der Waals surface area (Å²) >= 11 is 0. The zero-order chi connectivity index (χ0) is 13.4. The Kier molecular flexibility index (Phi) is 3.58. The van der Waals surface area contributed by atoms with Crippen molar-refractivity contribution in [3.63, 3.8) is 0 Å². The summed E-state index contributed by atoms with van der Waals surface area (Å²) in [5.74, 6) is 0. The van der Waals surface area contributed by atoms with Crippen molar-refractivity contribution in [2.24, 2.45) is 11.1 Å². The predicted molar refractivity (Wildman–Crippen MR) is 62.6 cm³/mol. The van der Waals surface area contributed by atoms with Crippen LogP contribution in [-0.4, -0.2) is 0 Å². The zero-order valence-electron chi connectivity index (χ0n) is 10.5. The monoisotopic (exact) mass is 245 g/mol. The molecule has 0 saturated carbocycles. The lowest BCUT2D eigenvalue weighted by Gasteiger charge is -2.29. The number of hydrogen-bond donors (Lipinski definition) is 1. The predicted octanol–water partition coefficient (Wildman–Crippen LogP) is 4.06. The third-order valence-electron chi connectivity index (χ3n) is 2.87. The SMILES string of the molecule is Cc1cc(C(F)(F)F)ccc1C(N)C(C)(C)C. The Hall–Kier alpha value is -1.03. The standard InChI is InChI=1S/C13H18F3N/c1-8-7-9(13(14,15)16)5-6-10(8)11(17)12(2,3)4/h5-7,11H,17H2,1-4H3. The Morgan fingerprint density at radius 2 is 1.65 bits per heavy atom. The Bertz CT molecular complexity index is 402. The normalized spacial score (nSPS) is 14.8. The lowest BCUT2D eigenvalue weighted by Crippen LogP contribution is -2.27. The molecule has 0 aliphatic rings. The van der Waals surface area contributed by atoms with Crippen LogP contribution in [0, 0.1) is 12.3 Å². The van der Waals surface area contributed by atoms with Crippen LogP contribution in [0.4, 0.5) is 13.2 Å². The highest BCUT2D eigenvalue weighted by molar-refractivity contribution is 5.35. The minimum atomic E-state index is -4.30. The van der Waals surface area contributed by atoms with E-state index in [0.29, 0.717) is 5.56 Å². The van der Waals surface area contributed by atoms with Gasteiger partial charge in [0, 0.05) is 6.04 Å². The summed E-state index contributed by atoms with van der Waals surface area (Å²) in [6.45, 7) is 7.56. The van der Waals surface area contributed by atoms with Crippen molar-refractivity contribution in [2.45, 2.75) is 39.9 Å². The van der Waals surface area contributed by atoms with E-state index in [1.807, 2.05) is 20.8 Å². The van der Waals surface area contributed by atoms with Crippen molar-refractivity contribution in [3.05, 3.63) is 34.9 Å². The van der Waals surface area contributed by atoms with E-state index in [0.717, 1.165) is 17.7 Å². The van der Waals surface area contributed by atoms with Gasteiger partial charge in [-0.15, -0.1) is 0 Å². The molecule has 0 aliphatic carbocycles. The lowest BCUT2D eigenvalue weighted by molar-refractivity contribution is -0.137. The van der Waals surface area contributed by atoms with E-state index in [-0.39, 0.29) is 11.5 Å². The molecule has 0 amide bonds. The van der Waals surface area contributed by atoms with E-state index in [4.69, 9.17) is 5.73 Å². The van der Waals surface area contributed by atoms with Gasteiger partial charge in [-0.2, -0.15) is 13.2 Å². The number of rotatable bonds is 1. The van der Waals surface area contributed by atoms with Gasteiger partial charge in [-0.05, 0) is 35.6 Å². The van der Waals surface area contributed by atoms with Gasteiger partial charge in [0.05, 0.1) is 5.56 Å². The summed E-state index contributed by atoms with van der Waals surface area (Å²) < 4.78 is 37.5. The quantitative estimate of drug-likeness (QED) is 0.793. The van der Waals surface area contributed by atoms with Gasteiger partial charge in [0.2, 0.25) is 0 Å². The summed E-state index contributed by atoms with van der Waals surface area (Å²) in [6, 6.07) is 3.45. The van der Waals surface area contributed by atoms with Crippen LogP contribution < -0.4 is 5.73 Å². The molecule has 1 unspecified atom stereocenters. The fourth-order valence-electron chi connectivity index (χ4n) is 1.67. The van der Waals surface area contributed by atoms with E-state index in [2.05, 4.69) is 0 Å². The summed E-state index contributed by atoms with van der Waals surface area (Å²) in [4.78, 5) is 0. The molecule has 0 heterocycles. The van der Waals surface area contributed by atoms with Crippen LogP contribution >= 0.6 is 0 Å². The molecule has 0 spiro atoms. The second-order valence-electron chi connectivity index (χ2n) is 5.41. The van der Waals surface area contributed by atoms with Crippen LogP contribution in [0.15, 0.2) is 18.2 Å². The summed E-state index contributed by atoms with van der Waals surface area (Å²) in [6.07, 6.45) is -4.30. The smallest absolute Gasteiger partial charge is 0.324 e. The van der Waals surface area contributed by atoms with Gasteiger partial charge >= 0.3 is 6.18 Å². The summed E-state index contributed by atoms with van der Waals surface area (Å²) in [5, 5.41) is 0. The molecule has 1 aromatic carbocycles. The minimum absolute atomic E-state index is 0.176. The van der Waals surface area contributed by atoms with Gasteiger partial charge in [-0.25, -0.2) is 0 Å². The number of halogens is 3. The number of alkyl halides is 3. The van der Waals surface area contributed by atoms with Crippen molar-refractivity contribution in [1.29, 1.82) is 0 Å². The molecule has 17 heavy (non-hydrogen) atoms. The maximum absolute atomic E-state index is 12.5. The van der Waals surface area contributed by atoms with Crippen LogP contribution in [0.1, 0.15) is 43.5 Å². The van der Waals surface area contributed by atoms with E-state index in [1.54, 1.807) is 6.92 Å². The van der Waals surface area contributed by atoms with Crippen LogP contribution in [-0.2, 0) is 6.18 Å². The highest BCUT2D eigenvalue weighted by Gasteiger charge is 2.31. The average Bonchev–Trinajstić information content (AvgIpc) is 2.13. The van der Waals surface area contributed by atoms with Crippen LogP contribution in [0.5, 0.6) is 0 Å². The molecule has 1 nitrogen and oxygen atoms in total. The Labute approximate surface area is 99.8 Å². The lowest BCUT2D eigenvalue weighted by atomic mass is 9.81. The molecule has 0 aromatic heterocycles. The molecule has 1 aromatic rings. The highest BCUT2D eigenvalue weighted by Crippen LogP contribution is 2.35. The first kappa shape index (κ1) is 14.0. The minimum Gasteiger partial charge on any atom is -0.324 e. The third kappa shape index (κ3) is 3.22. The first-order valence-electron chi connectivity index (χ1n) is 5.47. The maximum atomic E-state index is 12.5. The van der Waals surface area contributed by atoms with Gasteiger partial charge < -0.3 is 5.73 Å². The molecule has 0 radical (unpaired) electrons. The topological polar surface area (TPSA) is 26.0 Å². The van der Waals surface area contributed by atoms with Crippen LogP contribution in [0.3, 0.4) is 0 Å². The Morgan fingerprint density at radius 3 is 2.00 bits per heavy atom. The molecule has 96 valence electrons. The van der Waals surface area contributed by atoms with Crippen molar-refractivity contribution >= 4 is 0 Å². The van der Waals surface area contributed by atoms with Gasteiger partial charge in [0.1, 0.15) is 0 Å². The molecule has 4 heteroatoms. The fourth-order valence-corrected chi connectivity index (χ4v) is 1.67. The zero-order valence-corrected chi connectivity index (χ0v) is 10.5. The summed E-state index contributed by atoms with van der Waals surface area (Å²) in [5.41, 5.74) is 6.60.